The fourth-order valence-corrected chi connectivity index (χ4v) is 5.58. The summed E-state index contributed by atoms with van der Waals surface area (Å²) in [5.41, 5.74) is 8.48. The van der Waals surface area contributed by atoms with E-state index in [4.69, 9.17) is 4.74 Å². The van der Waals surface area contributed by atoms with Gasteiger partial charge in [0.05, 0.1) is 7.11 Å². The van der Waals surface area contributed by atoms with E-state index in [0.29, 0.717) is 17.7 Å². The maximum atomic E-state index is 13.4. The fourth-order valence-electron chi connectivity index (χ4n) is 5.58. The monoisotopic (exact) mass is 605 g/mol. The first-order chi connectivity index (χ1) is 22.4. The van der Waals surface area contributed by atoms with Crippen molar-refractivity contribution in [3.05, 3.63) is 185 Å². The maximum absolute atomic E-state index is 13.4. The number of benzene rings is 5. The van der Waals surface area contributed by atoms with E-state index < -0.39 is 6.04 Å². The Morgan fingerprint density at radius 3 is 1.33 bits per heavy atom. The molecule has 1 N–H and O–H groups in total. The van der Waals surface area contributed by atoms with Gasteiger partial charge in [0.2, 0.25) is 0 Å². The van der Waals surface area contributed by atoms with E-state index in [9.17, 15) is 9.59 Å². The molecule has 0 unspecified atom stereocenters. The molecular formula is C42H39NO3. The molecule has 0 amide bonds. The van der Waals surface area contributed by atoms with Gasteiger partial charge in [-0.15, -0.1) is 0 Å². The number of nitrogens with one attached hydrogen (secondary N) is 1. The first kappa shape index (κ1) is 31.9. The van der Waals surface area contributed by atoms with Crippen LogP contribution in [0.2, 0.25) is 0 Å². The summed E-state index contributed by atoms with van der Waals surface area (Å²) in [6.45, 7) is 4.11. The second-order valence-corrected chi connectivity index (χ2v) is 11.6. The van der Waals surface area contributed by atoms with Gasteiger partial charge in [-0.3, -0.25) is 4.79 Å². The SMILES string of the molecule is COC(=O)[C@H](CC(C)C)N/C(=C/C(=O)c1ccccc1)c1ccc(C(=C(c2ccccc2)c2ccccc2)c2ccccc2)cc1. The Balaban J connectivity index is 1.65. The van der Waals surface area contributed by atoms with Gasteiger partial charge in [-0.2, -0.15) is 0 Å². The molecule has 4 nitrogen and oxygen atoms in total. The number of hydrogen-bond donors (Lipinski definition) is 1. The third-order valence-corrected chi connectivity index (χ3v) is 7.78. The Hall–Kier alpha value is -5.48. The summed E-state index contributed by atoms with van der Waals surface area (Å²) in [7, 11) is 1.39. The zero-order chi connectivity index (χ0) is 32.3. The van der Waals surface area contributed by atoms with E-state index in [2.05, 4.69) is 104 Å². The van der Waals surface area contributed by atoms with Crippen LogP contribution in [-0.4, -0.2) is 24.9 Å². The Kier molecular flexibility index (Phi) is 10.8. The van der Waals surface area contributed by atoms with Crippen LogP contribution in [0, 0.1) is 5.92 Å². The van der Waals surface area contributed by atoms with Crippen molar-refractivity contribution >= 4 is 28.6 Å². The van der Waals surface area contributed by atoms with Crippen molar-refractivity contribution < 1.29 is 14.3 Å². The molecule has 230 valence electrons. The van der Waals surface area contributed by atoms with Gasteiger partial charge in [0.15, 0.2) is 5.78 Å². The van der Waals surface area contributed by atoms with E-state index in [-0.39, 0.29) is 17.7 Å². The summed E-state index contributed by atoms with van der Waals surface area (Å²) in [6, 6.07) is 48.0. The third-order valence-electron chi connectivity index (χ3n) is 7.78. The number of esters is 1. The van der Waals surface area contributed by atoms with Crippen LogP contribution in [0.15, 0.2) is 152 Å². The largest absolute Gasteiger partial charge is 0.467 e. The lowest BCUT2D eigenvalue weighted by Gasteiger charge is -2.22. The summed E-state index contributed by atoms with van der Waals surface area (Å²) in [5.74, 6) is -0.285. The van der Waals surface area contributed by atoms with Crippen molar-refractivity contribution in [1.82, 2.24) is 5.32 Å². The van der Waals surface area contributed by atoms with Crippen LogP contribution in [0.3, 0.4) is 0 Å². The number of methoxy groups -OCH3 is 1. The Bertz CT molecular complexity index is 1750. The predicted molar refractivity (Wildman–Crippen MR) is 188 cm³/mol. The van der Waals surface area contributed by atoms with Gasteiger partial charge in [0.1, 0.15) is 6.04 Å². The molecule has 0 saturated heterocycles. The van der Waals surface area contributed by atoms with E-state index in [0.717, 1.165) is 39.0 Å². The van der Waals surface area contributed by atoms with E-state index >= 15 is 0 Å². The Morgan fingerprint density at radius 1 is 0.565 bits per heavy atom. The van der Waals surface area contributed by atoms with Gasteiger partial charge < -0.3 is 10.1 Å². The summed E-state index contributed by atoms with van der Waals surface area (Å²) >= 11 is 0. The molecule has 5 aromatic carbocycles. The lowest BCUT2D eigenvalue weighted by molar-refractivity contribution is -0.143. The van der Waals surface area contributed by atoms with E-state index in [1.807, 2.05) is 48.5 Å². The van der Waals surface area contributed by atoms with Crippen molar-refractivity contribution in [2.45, 2.75) is 26.3 Å². The van der Waals surface area contributed by atoms with Crippen molar-refractivity contribution in [2.75, 3.05) is 7.11 Å². The van der Waals surface area contributed by atoms with Crippen LogP contribution < -0.4 is 5.32 Å². The molecule has 0 aliphatic carbocycles. The lowest BCUT2D eigenvalue weighted by atomic mass is 9.85. The van der Waals surface area contributed by atoms with Gasteiger partial charge in [-0.25, -0.2) is 4.79 Å². The highest BCUT2D eigenvalue weighted by atomic mass is 16.5. The normalized spacial score (nSPS) is 11.9. The van der Waals surface area contributed by atoms with Gasteiger partial charge in [0.25, 0.3) is 0 Å². The van der Waals surface area contributed by atoms with Crippen LogP contribution in [0.25, 0.3) is 16.8 Å². The van der Waals surface area contributed by atoms with Crippen LogP contribution >= 0.6 is 0 Å². The highest BCUT2D eigenvalue weighted by Crippen LogP contribution is 2.37. The zero-order valence-corrected chi connectivity index (χ0v) is 26.5. The first-order valence-corrected chi connectivity index (χ1v) is 15.6. The van der Waals surface area contributed by atoms with Crippen molar-refractivity contribution in [2.24, 2.45) is 5.92 Å². The average Bonchev–Trinajstić information content (AvgIpc) is 3.11. The van der Waals surface area contributed by atoms with Gasteiger partial charge in [-0.1, -0.05) is 159 Å². The molecule has 1 atom stereocenters. The zero-order valence-electron chi connectivity index (χ0n) is 26.5. The number of hydrogen-bond acceptors (Lipinski definition) is 4. The molecule has 0 heterocycles. The molecule has 46 heavy (non-hydrogen) atoms. The van der Waals surface area contributed by atoms with Gasteiger partial charge in [-0.05, 0) is 51.3 Å². The van der Waals surface area contributed by atoms with Crippen molar-refractivity contribution in [1.29, 1.82) is 0 Å². The molecule has 5 aromatic rings. The molecule has 0 bridgehead atoms. The van der Waals surface area contributed by atoms with Crippen LogP contribution in [-0.2, 0) is 9.53 Å². The molecule has 0 aliphatic rings. The minimum Gasteiger partial charge on any atom is -0.467 e. The molecule has 0 spiro atoms. The number of ketones is 1. The number of carbonyl (C=O) groups is 2. The standard InChI is InChI=1S/C42H39NO3/c1-30(2)28-38(42(45)46-3)43-37(29-39(44)32-16-8-4-9-17-32)31-24-26-36(27-25-31)41(35-22-14-7-15-23-35)40(33-18-10-5-11-19-33)34-20-12-6-13-21-34/h4-27,29-30,38,43H,28H2,1-3H3/b37-29+/t38-/m0/s1. The predicted octanol–water partition coefficient (Wildman–Crippen LogP) is 9.10. The maximum Gasteiger partial charge on any atom is 0.328 e. The smallest absolute Gasteiger partial charge is 0.328 e. The molecule has 0 radical (unpaired) electrons. The van der Waals surface area contributed by atoms with Crippen molar-refractivity contribution in [3.63, 3.8) is 0 Å². The quantitative estimate of drug-likeness (QED) is 0.0667. The first-order valence-electron chi connectivity index (χ1n) is 15.6. The summed E-state index contributed by atoms with van der Waals surface area (Å²) in [5, 5.41) is 3.36. The molecule has 5 rings (SSSR count). The molecular weight excluding hydrogens is 566 g/mol. The minimum atomic E-state index is -0.609. The van der Waals surface area contributed by atoms with Crippen LogP contribution in [0.1, 0.15) is 58.4 Å². The summed E-state index contributed by atoms with van der Waals surface area (Å²) < 4.78 is 5.13. The van der Waals surface area contributed by atoms with Crippen molar-refractivity contribution in [3.8, 4) is 0 Å². The molecule has 0 aliphatic heterocycles. The molecule has 0 aromatic heterocycles. The number of carbonyl (C=O) groups excluding carboxylic acids is 2. The Labute approximate surface area is 272 Å². The summed E-state index contributed by atoms with van der Waals surface area (Å²) in [6.07, 6.45) is 2.13. The highest BCUT2D eigenvalue weighted by molar-refractivity contribution is 6.09. The van der Waals surface area contributed by atoms with Crippen LogP contribution in [0.5, 0.6) is 0 Å². The van der Waals surface area contributed by atoms with Gasteiger partial charge >= 0.3 is 5.97 Å². The second-order valence-electron chi connectivity index (χ2n) is 11.6. The second kappa shape index (κ2) is 15.5. The Morgan fingerprint density at radius 2 is 0.935 bits per heavy atom. The topological polar surface area (TPSA) is 55.4 Å². The summed E-state index contributed by atoms with van der Waals surface area (Å²) in [4.78, 5) is 26.2. The fraction of sp³-hybridized carbons (Fsp3) is 0.143. The molecule has 0 fully saturated rings. The van der Waals surface area contributed by atoms with E-state index in [1.54, 1.807) is 18.2 Å². The van der Waals surface area contributed by atoms with Crippen LogP contribution in [0.4, 0.5) is 0 Å². The average molecular weight is 606 g/mol. The third kappa shape index (κ3) is 7.96. The van der Waals surface area contributed by atoms with E-state index in [1.165, 1.54) is 7.11 Å². The van der Waals surface area contributed by atoms with Gasteiger partial charge in [0, 0.05) is 17.3 Å². The highest BCUT2D eigenvalue weighted by Gasteiger charge is 2.23. The minimum absolute atomic E-state index is 0.152. The number of rotatable bonds is 12. The molecule has 4 heteroatoms. The number of allylic oxidation sites excluding steroid dienone is 1. The lowest BCUT2D eigenvalue weighted by Crippen LogP contribution is -2.38. The number of ether oxygens (including phenoxy) is 1. The molecule has 0 saturated carbocycles.